The minimum absolute atomic E-state index is 0.0655. The van der Waals surface area contributed by atoms with Crippen LogP contribution < -0.4 is 10.2 Å². The molecule has 0 spiro atoms. The molecule has 1 aliphatic rings. The number of esters is 2. The lowest BCUT2D eigenvalue weighted by Crippen LogP contribution is -3.14. The van der Waals surface area contributed by atoms with Crippen LogP contribution in [0.4, 0.5) is 5.00 Å². The Kier molecular flexibility index (Phi) is 7.79. The summed E-state index contributed by atoms with van der Waals surface area (Å²) in [5.41, 5.74) is 1.41. The lowest BCUT2D eigenvalue weighted by Gasteiger charge is -2.27. The number of ether oxygens (including phenoxy) is 2. The molecule has 0 unspecified atom stereocenters. The largest absolute Gasteiger partial charge is 0.469 e. The molecule has 0 radical (unpaired) electrons. The molecular formula is C19H29N2O5S+. The molecule has 1 amide bonds. The van der Waals surface area contributed by atoms with Gasteiger partial charge in [-0.15, -0.1) is 11.3 Å². The van der Waals surface area contributed by atoms with Gasteiger partial charge in [-0.2, -0.15) is 0 Å². The van der Waals surface area contributed by atoms with E-state index in [9.17, 15) is 14.4 Å². The number of piperidine rings is 1. The SMILES string of the molecule is CCOC(=O)c1c(NC(=O)C[NH+]2CCC(C(=O)OC)CC2)sc(C)c1CC. The van der Waals surface area contributed by atoms with Gasteiger partial charge in [-0.25, -0.2) is 4.79 Å². The van der Waals surface area contributed by atoms with E-state index in [4.69, 9.17) is 9.47 Å². The summed E-state index contributed by atoms with van der Waals surface area (Å²) < 4.78 is 9.96. The standard InChI is InChI=1S/C19H28N2O5S/c1-5-14-12(3)27-17(16(14)19(24)26-6-2)20-15(22)11-21-9-7-13(8-10-21)18(23)25-4/h13H,5-11H2,1-4H3,(H,20,22)/p+1. The molecule has 1 aliphatic heterocycles. The van der Waals surface area contributed by atoms with Gasteiger partial charge in [-0.3, -0.25) is 9.59 Å². The molecule has 0 aromatic carbocycles. The predicted octanol–water partition coefficient (Wildman–Crippen LogP) is 1.20. The van der Waals surface area contributed by atoms with Gasteiger partial charge in [0.25, 0.3) is 5.91 Å². The maximum atomic E-state index is 12.5. The highest BCUT2D eigenvalue weighted by Gasteiger charge is 2.30. The monoisotopic (exact) mass is 397 g/mol. The van der Waals surface area contributed by atoms with Crippen molar-refractivity contribution in [3.63, 3.8) is 0 Å². The molecule has 150 valence electrons. The number of nitrogens with one attached hydrogen (secondary N) is 2. The zero-order valence-electron chi connectivity index (χ0n) is 16.5. The molecule has 1 aromatic heterocycles. The first-order valence-electron chi connectivity index (χ1n) is 9.41. The van der Waals surface area contributed by atoms with Crippen molar-refractivity contribution in [2.24, 2.45) is 5.92 Å². The van der Waals surface area contributed by atoms with E-state index >= 15 is 0 Å². The Hall–Kier alpha value is -1.93. The summed E-state index contributed by atoms with van der Waals surface area (Å²) in [6, 6.07) is 0. The van der Waals surface area contributed by atoms with Crippen LogP contribution in [0.3, 0.4) is 0 Å². The van der Waals surface area contributed by atoms with Gasteiger partial charge in [0, 0.05) is 17.7 Å². The highest BCUT2D eigenvalue weighted by molar-refractivity contribution is 7.16. The molecule has 1 aromatic rings. The summed E-state index contributed by atoms with van der Waals surface area (Å²) in [6.45, 7) is 7.81. The number of amides is 1. The van der Waals surface area contributed by atoms with Crippen LogP contribution in [-0.2, 0) is 25.5 Å². The Morgan fingerprint density at radius 2 is 1.89 bits per heavy atom. The minimum Gasteiger partial charge on any atom is -0.469 e. The van der Waals surface area contributed by atoms with Crippen molar-refractivity contribution in [3.8, 4) is 0 Å². The first kappa shape index (κ1) is 21.4. The van der Waals surface area contributed by atoms with E-state index in [-0.39, 0.29) is 23.8 Å². The number of carbonyl (C=O) groups is 3. The van der Waals surface area contributed by atoms with E-state index in [1.165, 1.54) is 18.4 Å². The molecule has 7 nitrogen and oxygen atoms in total. The topological polar surface area (TPSA) is 86.1 Å². The molecule has 1 fully saturated rings. The smallest absolute Gasteiger partial charge is 0.341 e. The molecule has 8 heteroatoms. The molecule has 0 saturated carbocycles. The van der Waals surface area contributed by atoms with Crippen LogP contribution >= 0.6 is 11.3 Å². The summed E-state index contributed by atoms with van der Waals surface area (Å²) in [4.78, 5) is 38.6. The first-order chi connectivity index (χ1) is 12.9. The van der Waals surface area contributed by atoms with Crippen LogP contribution in [0.1, 0.15) is 47.5 Å². The van der Waals surface area contributed by atoms with Crippen molar-refractivity contribution in [2.75, 3.05) is 38.7 Å². The Morgan fingerprint density at radius 3 is 2.44 bits per heavy atom. The van der Waals surface area contributed by atoms with Crippen LogP contribution in [0.25, 0.3) is 0 Å². The zero-order chi connectivity index (χ0) is 20.0. The molecule has 0 atom stereocenters. The van der Waals surface area contributed by atoms with Gasteiger partial charge in [0.05, 0.1) is 38.3 Å². The van der Waals surface area contributed by atoms with Gasteiger partial charge in [0.1, 0.15) is 5.00 Å². The van der Waals surface area contributed by atoms with Crippen molar-refractivity contribution in [3.05, 3.63) is 16.0 Å². The number of likely N-dealkylation sites (tertiary alicyclic amines) is 1. The fourth-order valence-electron chi connectivity index (χ4n) is 3.51. The maximum absolute atomic E-state index is 12.5. The highest BCUT2D eigenvalue weighted by atomic mass is 32.1. The summed E-state index contributed by atoms with van der Waals surface area (Å²) in [5.74, 6) is -0.751. The Morgan fingerprint density at radius 1 is 1.22 bits per heavy atom. The second-order valence-corrected chi connectivity index (χ2v) is 7.91. The third-order valence-electron chi connectivity index (χ3n) is 4.93. The summed E-state index contributed by atoms with van der Waals surface area (Å²) >= 11 is 1.41. The number of quaternary nitrogens is 1. The van der Waals surface area contributed by atoms with Gasteiger partial charge in [0.2, 0.25) is 0 Å². The highest BCUT2D eigenvalue weighted by Crippen LogP contribution is 2.34. The molecule has 2 heterocycles. The van der Waals surface area contributed by atoms with Crippen molar-refractivity contribution >= 4 is 34.2 Å². The second kappa shape index (κ2) is 9.85. The van der Waals surface area contributed by atoms with E-state index < -0.39 is 0 Å². The van der Waals surface area contributed by atoms with Crippen LogP contribution in [0.2, 0.25) is 0 Å². The number of methoxy groups -OCH3 is 1. The lowest BCUT2D eigenvalue weighted by atomic mass is 9.97. The van der Waals surface area contributed by atoms with Crippen LogP contribution in [-0.4, -0.2) is 51.2 Å². The number of thiophene rings is 1. The average molecular weight is 398 g/mol. The van der Waals surface area contributed by atoms with Gasteiger partial charge >= 0.3 is 11.9 Å². The molecule has 0 aliphatic carbocycles. The van der Waals surface area contributed by atoms with E-state index in [1.54, 1.807) is 6.92 Å². The van der Waals surface area contributed by atoms with Crippen LogP contribution in [0, 0.1) is 12.8 Å². The van der Waals surface area contributed by atoms with Crippen LogP contribution in [0.5, 0.6) is 0 Å². The fourth-order valence-corrected chi connectivity index (χ4v) is 4.66. The number of anilines is 1. The lowest BCUT2D eigenvalue weighted by molar-refractivity contribution is -0.897. The molecule has 0 bridgehead atoms. The minimum atomic E-state index is -0.389. The van der Waals surface area contributed by atoms with Crippen molar-refractivity contribution in [2.45, 2.75) is 40.0 Å². The molecular weight excluding hydrogens is 368 g/mol. The second-order valence-electron chi connectivity index (χ2n) is 6.69. The van der Waals surface area contributed by atoms with Gasteiger partial charge in [-0.1, -0.05) is 6.92 Å². The predicted molar refractivity (Wildman–Crippen MR) is 103 cm³/mol. The van der Waals surface area contributed by atoms with E-state index in [0.717, 1.165) is 41.3 Å². The molecule has 2 rings (SSSR count). The van der Waals surface area contributed by atoms with E-state index in [1.807, 2.05) is 13.8 Å². The van der Waals surface area contributed by atoms with Gasteiger partial charge in [0.15, 0.2) is 6.54 Å². The van der Waals surface area contributed by atoms with Crippen molar-refractivity contribution in [1.29, 1.82) is 0 Å². The summed E-state index contributed by atoms with van der Waals surface area (Å²) in [6.07, 6.45) is 2.15. The zero-order valence-corrected chi connectivity index (χ0v) is 17.3. The van der Waals surface area contributed by atoms with Crippen molar-refractivity contribution < 1.29 is 28.8 Å². The summed E-state index contributed by atoms with van der Waals surface area (Å²) in [7, 11) is 1.41. The number of aryl methyl sites for hydroxylation is 1. The summed E-state index contributed by atoms with van der Waals surface area (Å²) in [5, 5.41) is 3.47. The Bertz CT molecular complexity index is 693. The van der Waals surface area contributed by atoms with E-state index in [0.29, 0.717) is 30.1 Å². The fraction of sp³-hybridized carbons (Fsp3) is 0.632. The molecule has 2 N–H and O–H groups in total. The normalized spacial score (nSPS) is 19.4. The van der Waals surface area contributed by atoms with Gasteiger partial charge in [-0.05, 0) is 25.8 Å². The Labute approximate surface area is 164 Å². The first-order valence-corrected chi connectivity index (χ1v) is 10.2. The maximum Gasteiger partial charge on any atom is 0.341 e. The van der Waals surface area contributed by atoms with E-state index in [2.05, 4.69) is 5.32 Å². The average Bonchev–Trinajstić information content (AvgIpc) is 2.96. The number of carbonyl (C=O) groups excluding carboxylic acids is 3. The van der Waals surface area contributed by atoms with Gasteiger partial charge < -0.3 is 19.7 Å². The third-order valence-corrected chi connectivity index (χ3v) is 6.00. The number of hydrogen-bond donors (Lipinski definition) is 2. The van der Waals surface area contributed by atoms with Crippen LogP contribution in [0.15, 0.2) is 0 Å². The molecule has 27 heavy (non-hydrogen) atoms. The third kappa shape index (κ3) is 5.29. The van der Waals surface area contributed by atoms with Crippen molar-refractivity contribution in [1.82, 2.24) is 0 Å². The molecule has 1 saturated heterocycles. The number of rotatable bonds is 7. The number of hydrogen-bond acceptors (Lipinski definition) is 6. The Balaban J connectivity index is 2.00. The quantitative estimate of drug-likeness (QED) is 0.676.